The molecule has 1 unspecified atom stereocenters. The lowest BCUT2D eigenvalue weighted by molar-refractivity contribution is -0.321. The number of amides is 1. The number of carbonyl (C=O) groups excluding carboxylic acids is 4. The number of phenolic OH excluding ortho intramolecular Hbond substituents is 2. The monoisotopic (exact) mass is 623 g/mol. The minimum absolute atomic E-state index is 0.0517. The zero-order valence-electron chi connectivity index (χ0n) is 23.4. The largest absolute Gasteiger partial charge is 0.507 e. The standard InChI is InChI=1S/C29H28F3NO11/c1-12-28(41,18(7-8-42-12)33-26(39)29(30,31)32)44-17-10-27(40,11-43-13(2)34)9-16-19(17)25(38)21-20(24(16)37)22(35)14-5-3-4-6-15(14)23(21)36/h3-6,12,17-18,37-38,40-41H,7-11H2,1-2H3,(H,33,39)/t12-,17+,18+,27?,28+/m1/s1. The van der Waals surface area contributed by atoms with E-state index in [1.165, 1.54) is 31.2 Å². The minimum Gasteiger partial charge on any atom is -0.507 e. The Hall–Kier alpha value is -4.05. The number of ether oxygens (including phenoxy) is 3. The summed E-state index contributed by atoms with van der Waals surface area (Å²) < 4.78 is 55.7. The summed E-state index contributed by atoms with van der Waals surface area (Å²) in [5.41, 5.74) is -3.96. The third-order valence-corrected chi connectivity index (χ3v) is 8.15. The van der Waals surface area contributed by atoms with Crippen LogP contribution in [-0.2, 0) is 30.2 Å². The molecule has 15 heteroatoms. The Labute approximate surface area is 247 Å². The van der Waals surface area contributed by atoms with Crippen molar-refractivity contribution < 1.29 is 67.0 Å². The van der Waals surface area contributed by atoms with Crippen molar-refractivity contribution in [2.45, 2.75) is 68.9 Å². The van der Waals surface area contributed by atoms with E-state index in [0.29, 0.717) is 0 Å². The van der Waals surface area contributed by atoms with Crippen molar-refractivity contribution in [1.29, 1.82) is 0 Å². The molecule has 5 N–H and O–H groups in total. The van der Waals surface area contributed by atoms with Gasteiger partial charge in [-0.3, -0.25) is 19.2 Å². The maximum Gasteiger partial charge on any atom is 0.471 e. The molecule has 0 spiro atoms. The Morgan fingerprint density at radius 2 is 1.66 bits per heavy atom. The molecule has 3 aliphatic rings. The van der Waals surface area contributed by atoms with Gasteiger partial charge in [0.15, 0.2) is 11.6 Å². The molecule has 0 saturated carbocycles. The number of aromatic hydroxyl groups is 2. The number of benzene rings is 2. The third-order valence-electron chi connectivity index (χ3n) is 8.15. The first-order chi connectivity index (χ1) is 20.5. The second-order valence-corrected chi connectivity index (χ2v) is 11.1. The fourth-order valence-electron chi connectivity index (χ4n) is 6.00. The van der Waals surface area contributed by atoms with Crippen LogP contribution >= 0.6 is 0 Å². The van der Waals surface area contributed by atoms with Crippen LogP contribution in [0.2, 0.25) is 0 Å². The topological polar surface area (TPSA) is 189 Å². The van der Waals surface area contributed by atoms with E-state index in [9.17, 15) is 52.8 Å². The highest BCUT2D eigenvalue weighted by atomic mass is 19.4. The Morgan fingerprint density at radius 1 is 1.07 bits per heavy atom. The van der Waals surface area contributed by atoms with Gasteiger partial charge in [0, 0.05) is 48.6 Å². The lowest BCUT2D eigenvalue weighted by atomic mass is 9.73. The van der Waals surface area contributed by atoms with Gasteiger partial charge < -0.3 is 40.0 Å². The molecule has 5 rings (SSSR count). The van der Waals surface area contributed by atoms with Crippen LogP contribution in [-0.4, -0.2) is 86.8 Å². The predicted molar refractivity (Wildman–Crippen MR) is 140 cm³/mol. The predicted octanol–water partition coefficient (Wildman–Crippen LogP) is 1.72. The van der Waals surface area contributed by atoms with E-state index >= 15 is 0 Å². The first-order valence-electron chi connectivity index (χ1n) is 13.5. The van der Waals surface area contributed by atoms with Gasteiger partial charge in [-0.25, -0.2) is 0 Å². The van der Waals surface area contributed by atoms with Gasteiger partial charge in [-0.15, -0.1) is 0 Å². The first-order valence-corrected chi connectivity index (χ1v) is 13.5. The number of carbonyl (C=O) groups is 4. The van der Waals surface area contributed by atoms with E-state index in [2.05, 4.69) is 0 Å². The summed E-state index contributed by atoms with van der Waals surface area (Å²) >= 11 is 0. The van der Waals surface area contributed by atoms with Gasteiger partial charge in [-0.2, -0.15) is 13.2 Å². The molecule has 44 heavy (non-hydrogen) atoms. The van der Waals surface area contributed by atoms with Gasteiger partial charge in [-0.1, -0.05) is 24.3 Å². The van der Waals surface area contributed by atoms with Gasteiger partial charge in [0.05, 0.1) is 23.3 Å². The second kappa shape index (κ2) is 10.8. The van der Waals surface area contributed by atoms with E-state index < -0.39 is 101 Å². The van der Waals surface area contributed by atoms with Crippen molar-refractivity contribution in [2.24, 2.45) is 0 Å². The highest BCUT2D eigenvalue weighted by Crippen LogP contribution is 2.52. The van der Waals surface area contributed by atoms with Gasteiger partial charge in [0.2, 0.25) is 5.79 Å². The Bertz CT molecular complexity index is 1570. The van der Waals surface area contributed by atoms with E-state index in [0.717, 1.165) is 6.92 Å². The van der Waals surface area contributed by atoms with E-state index in [1.807, 2.05) is 0 Å². The van der Waals surface area contributed by atoms with Crippen LogP contribution in [0.25, 0.3) is 0 Å². The number of esters is 1. The van der Waals surface area contributed by atoms with Crippen molar-refractivity contribution in [2.75, 3.05) is 13.2 Å². The third kappa shape index (κ3) is 5.19. The molecular weight excluding hydrogens is 595 g/mol. The smallest absolute Gasteiger partial charge is 0.471 e. The Kier molecular flexibility index (Phi) is 7.73. The molecule has 236 valence electrons. The lowest BCUT2D eigenvalue weighted by Gasteiger charge is -2.48. The van der Waals surface area contributed by atoms with Gasteiger partial charge in [0.1, 0.15) is 29.8 Å². The number of ketones is 2. The quantitative estimate of drug-likeness (QED) is 0.158. The summed E-state index contributed by atoms with van der Waals surface area (Å²) in [6.45, 7) is 1.45. The molecule has 1 heterocycles. The number of hydrogen-bond acceptors (Lipinski definition) is 11. The maximum atomic E-state index is 13.5. The molecule has 0 bridgehead atoms. The van der Waals surface area contributed by atoms with Crippen LogP contribution in [0.1, 0.15) is 75.8 Å². The van der Waals surface area contributed by atoms with Crippen molar-refractivity contribution in [3.8, 4) is 11.5 Å². The summed E-state index contributed by atoms with van der Waals surface area (Å²) in [7, 11) is 0. The van der Waals surface area contributed by atoms with Crippen LogP contribution in [0.4, 0.5) is 13.2 Å². The summed E-state index contributed by atoms with van der Waals surface area (Å²) in [4.78, 5) is 50.3. The highest BCUT2D eigenvalue weighted by molar-refractivity contribution is 6.30. The molecule has 1 fully saturated rings. The van der Waals surface area contributed by atoms with Crippen molar-refractivity contribution >= 4 is 23.4 Å². The lowest BCUT2D eigenvalue weighted by Crippen LogP contribution is -2.65. The molecule has 1 aliphatic heterocycles. The fraction of sp³-hybridized carbons (Fsp3) is 0.448. The molecule has 0 radical (unpaired) electrons. The second-order valence-electron chi connectivity index (χ2n) is 11.1. The molecule has 2 aromatic carbocycles. The zero-order chi connectivity index (χ0) is 32.4. The normalized spacial score (nSPS) is 28.0. The van der Waals surface area contributed by atoms with Crippen LogP contribution < -0.4 is 5.32 Å². The van der Waals surface area contributed by atoms with Crippen molar-refractivity contribution in [3.63, 3.8) is 0 Å². The average Bonchev–Trinajstić information content (AvgIpc) is 2.94. The number of hydrogen-bond donors (Lipinski definition) is 5. The summed E-state index contributed by atoms with van der Waals surface area (Å²) in [5.74, 6) is -9.13. The van der Waals surface area contributed by atoms with Gasteiger partial charge in [0.25, 0.3) is 0 Å². The number of aliphatic hydroxyl groups is 2. The molecule has 5 atom stereocenters. The van der Waals surface area contributed by atoms with Crippen LogP contribution in [0.5, 0.6) is 11.5 Å². The van der Waals surface area contributed by atoms with Crippen LogP contribution in [0.3, 0.4) is 0 Å². The number of halogens is 3. The highest BCUT2D eigenvalue weighted by Gasteiger charge is 2.55. The van der Waals surface area contributed by atoms with E-state index in [1.54, 1.807) is 5.32 Å². The molecule has 2 aliphatic carbocycles. The fourth-order valence-corrected chi connectivity index (χ4v) is 6.00. The molecule has 2 aromatic rings. The number of alkyl halides is 3. The van der Waals surface area contributed by atoms with Crippen molar-refractivity contribution in [3.05, 3.63) is 57.6 Å². The van der Waals surface area contributed by atoms with E-state index in [-0.39, 0.29) is 35.3 Å². The average molecular weight is 624 g/mol. The molecular formula is C29H28F3NO11. The molecule has 0 aromatic heterocycles. The first kappa shape index (κ1) is 31.4. The van der Waals surface area contributed by atoms with E-state index in [4.69, 9.17) is 14.2 Å². The van der Waals surface area contributed by atoms with Crippen molar-refractivity contribution in [1.82, 2.24) is 5.32 Å². The number of rotatable bonds is 5. The summed E-state index contributed by atoms with van der Waals surface area (Å²) in [5, 5.41) is 47.7. The summed E-state index contributed by atoms with van der Waals surface area (Å²) in [6, 6.07) is 3.97. The Balaban J connectivity index is 1.66. The summed E-state index contributed by atoms with van der Waals surface area (Å²) in [6.07, 6.45) is -9.88. The number of nitrogens with one attached hydrogen (secondary N) is 1. The van der Waals surface area contributed by atoms with Gasteiger partial charge >= 0.3 is 18.1 Å². The minimum atomic E-state index is -5.31. The van der Waals surface area contributed by atoms with Crippen LogP contribution in [0.15, 0.2) is 24.3 Å². The zero-order valence-corrected chi connectivity index (χ0v) is 23.4. The molecule has 12 nitrogen and oxygen atoms in total. The maximum absolute atomic E-state index is 13.5. The van der Waals surface area contributed by atoms with Gasteiger partial charge in [-0.05, 0) is 13.3 Å². The molecule has 1 saturated heterocycles. The molecule has 1 amide bonds. The SMILES string of the molecule is CC(=O)OCC1(O)Cc2c(O)c3c(c(O)c2[C@@H](O[C@]2(O)[C@@H](NC(=O)C(F)(F)F)CCO[C@@H]2C)C1)C(=O)c1ccccc1C3=O. The number of phenols is 2. The van der Waals surface area contributed by atoms with Crippen LogP contribution in [0, 0.1) is 0 Å². The Morgan fingerprint density at radius 3 is 2.23 bits per heavy atom. The number of fused-ring (bicyclic) bond motifs is 3.